The second-order valence-electron chi connectivity index (χ2n) is 14.0. The number of hydrogen-bond acceptors (Lipinski definition) is 0. The van der Waals surface area contributed by atoms with Crippen LogP contribution >= 0.6 is 7.92 Å². The molecular formula is C46H53PZr. The van der Waals surface area contributed by atoms with E-state index in [0.717, 1.165) is 5.56 Å². The smallest absolute Gasteiger partial charge is 0.163 e. The first-order valence-electron chi connectivity index (χ1n) is 16.8. The molecule has 1 heterocycles. The Morgan fingerprint density at radius 2 is 0.875 bits per heavy atom. The maximum absolute atomic E-state index is 3.75. The van der Waals surface area contributed by atoms with E-state index in [2.05, 4.69) is 175 Å². The average Bonchev–Trinajstić information content (AvgIpc) is 3.33. The van der Waals surface area contributed by atoms with Gasteiger partial charge < -0.3 is 0 Å². The molecule has 0 bridgehead atoms. The molecule has 10 radical (unpaired) electrons. The zero-order chi connectivity index (χ0) is 34.6. The summed E-state index contributed by atoms with van der Waals surface area (Å²) in [5, 5.41) is 2.90. The Balaban J connectivity index is 0.000000244. The van der Waals surface area contributed by atoms with Crippen molar-refractivity contribution in [3.8, 4) is 0 Å². The Morgan fingerprint density at radius 1 is 0.500 bits per heavy atom. The Morgan fingerprint density at radius 3 is 1.23 bits per heavy atom. The van der Waals surface area contributed by atoms with Gasteiger partial charge in [0, 0.05) is 0 Å². The summed E-state index contributed by atoms with van der Waals surface area (Å²) in [6.07, 6.45) is 3.75. The number of allylic oxidation sites excluding steroid dienone is 2. The normalized spacial score (nSPS) is 22.3. The molecule has 3 aliphatic rings. The SMILES string of the molecule is CC(C)(C)P1C(c2ccccc2)=[C-]/C1=C(\c1[c-]cccc1)c1ccccc1.C[C]1[C](C)[C](C)[C](C)[C]1C.C[C]1[C](C)[C](C)[C](C)[C]1C.[Zr+2]. The van der Waals surface area contributed by atoms with Gasteiger partial charge >= 0.3 is 26.2 Å². The molecule has 0 saturated heterocycles. The summed E-state index contributed by atoms with van der Waals surface area (Å²) < 4.78 is 0. The first-order chi connectivity index (χ1) is 22.2. The van der Waals surface area contributed by atoms with Gasteiger partial charge in [-0.2, -0.15) is 6.08 Å². The summed E-state index contributed by atoms with van der Waals surface area (Å²) in [4.78, 5) is 0. The van der Waals surface area contributed by atoms with Crippen molar-refractivity contribution >= 4 is 18.8 Å². The van der Waals surface area contributed by atoms with Crippen molar-refractivity contribution in [3.05, 3.63) is 178 Å². The second kappa shape index (κ2) is 17.6. The van der Waals surface area contributed by atoms with Crippen molar-refractivity contribution in [2.24, 2.45) is 0 Å². The molecule has 3 aromatic rings. The topological polar surface area (TPSA) is 0 Å². The van der Waals surface area contributed by atoms with Gasteiger partial charge in [-0.15, -0.1) is 64.2 Å². The van der Waals surface area contributed by atoms with Crippen LogP contribution in [0, 0.1) is 71.3 Å². The van der Waals surface area contributed by atoms with Crippen molar-refractivity contribution in [2.45, 2.75) is 95.2 Å². The summed E-state index contributed by atoms with van der Waals surface area (Å²) in [6.45, 7) is 29.0. The number of benzene rings is 3. The molecule has 6 rings (SSSR count). The van der Waals surface area contributed by atoms with E-state index >= 15 is 0 Å². The molecule has 2 heteroatoms. The molecule has 3 aromatic carbocycles. The van der Waals surface area contributed by atoms with Gasteiger partial charge in [0.1, 0.15) is 0 Å². The first-order valence-corrected chi connectivity index (χ1v) is 18.2. The van der Waals surface area contributed by atoms with Crippen LogP contribution in [0.2, 0.25) is 0 Å². The second-order valence-corrected chi connectivity index (χ2v) is 16.9. The average molecular weight is 728 g/mol. The minimum absolute atomic E-state index is 0. The van der Waals surface area contributed by atoms with Crippen LogP contribution in [-0.2, 0) is 26.2 Å². The summed E-state index contributed by atoms with van der Waals surface area (Å²) in [5.74, 6) is 14.7. The molecule has 0 nitrogen and oxygen atoms in total. The van der Waals surface area contributed by atoms with Crippen molar-refractivity contribution in [1.82, 2.24) is 0 Å². The van der Waals surface area contributed by atoms with Gasteiger partial charge in [-0.1, -0.05) is 158 Å². The molecule has 0 amide bonds. The van der Waals surface area contributed by atoms with Gasteiger partial charge in [0.05, 0.1) is 0 Å². The Hall–Kier alpha value is -1.55. The fourth-order valence-electron chi connectivity index (χ4n) is 6.31. The quantitative estimate of drug-likeness (QED) is 0.186. The van der Waals surface area contributed by atoms with Crippen LogP contribution in [0.4, 0.5) is 0 Å². The molecule has 1 atom stereocenters. The third kappa shape index (κ3) is 9.02. The molecule has 246 valence electrons. The first kappa shape index (κ1) is 40.9. The van der Waals surface area contributed by atoms with Crippen LogP contribution in [0.15, 0.2) is 90.2 Å². The van der Waals surface area contributed by atoms with E-state index in [1.807, 2.05) is 12.1 Å². The number of hydrogen-bond donors (Lipinski definition) is 0. The fourth-order valence-corrected chi connectivity index (χ4v) is 9.04. The third-order valence-corrected chi connectivity index (χ3v) is 13.2. The monoisotopic (exact) mass is 726 g/mol. The predicted molar refractivity (Wildman–Crippen MR) is 207 cm³/mol. The van der Waals surface area contributed by atoms with Crippen molar-refractivity contribution in [3.63, 3.8) is 0 Å². The van der Waals surface area contributed by atoms with E-state index in [1.165, 1.54) is 86.5 Å². The van der Waals surface area contributed by atoms with Crippen molar-refractivity contribution in [1.29, 1.82) is 0 Å². The number of rotatable bonds is 3. The Labute approximate surface area is 316 Å². The predicted octanol–water partition coefficient (Wildman–Crippen LogP) is 13.3. The molecule has 2 saturated carbocycles. The van der Waals surface area contributed by atoms with E-state index in [1.54, 1.807) is 0 Å². The summed E-state index contributed by atoms with van der Waals surface area (Å²) in [6, 6.07) is 33.1. The standard InChI is InChI=1S/C26H23P.2C10H15.Zr/c1-26(2,3)27-23(20-13-7-4-8-14-20)19-24(27)25(21-15-9-5-10-16-21)22-17-11-6-12-18-22;2*1-6-7(2)9(4)10(5)8(6)3;/h4-17H,1-3H3;2*1-5H3;/q-2;;;+2/b25-24+;;;. The molecule has 2 fully saturated rings. The largest absolute Gasteiger partial charge is 2.00 e. The molecule has 1 aliphatic heterocycles. The Bertz CT molecular complexity index is 1310. The van der Waals surface area contributed by atoms with Gasteiger partial charge in [0.2, 0.25) is 0 Å². The Kier molecular flexibility index (Phi) is 15.0. The molecular weight excluding hydrogens is 675 g/mol. The maximum atomic E-state index is 3.75. The van der Waals surface area contributed by atoms with Crippen LogP contribution in [0.1, 0.15) is 107 Å². The zero-order valence-electron chi connectivity index (χ0n) is 31.5. The van der Waals surface area contributed by atoms with Crippen LogP contribution < -0.4 is 0 Å². The van der Waals surface area contributed by atoms with Crippen LogP contribution in [-0.4, -0.2) is 5.16 Å². The molecule has 48 heavy (non-hydrogen) atoms. The van der Waals surface area contributed by atoms with Gasteiger partial charge in [0.25, 0.3) is 0 Å². The molecule has 2 aliphatic carbocycles. The van der Waals surface area contributed by atoms with E-state index in [-0.39, 0.29) is 31.4 Å². The van der Waals surface area contributed by atoms with Gasteiger partial charge in [-0.25, -0.2) is 0 Å². The fraction of sp³-hybridized carbons (Fsp3) is 0.304. The van der Waals surface area contributed by atoms with Gasteiger partial charge in [-0.05, 0) is 64.3 Å². The van der Waals surface area contributed by atoms with E-state index < -0.39 is 7.92 Å². The molecule has 0 N–H and O–H groups in total. The summed E-state index contributed by atoms with van der Waals surface area (Å²) >= 11 is 0. The van der Waals surface area contributed by atoms with Crippen LogP contribution in [0.5, 0.6) is 0 Å². The third-order valence-electron chi connectivity index (χ3n) is 10.3. The summed E-state index contributed by atoms with van der Waals surface area (Å²) in [5.41, 5.74) is 4.96. The van der Waals surface area contributed by atoms with Crippen LogP contribution in [0.3, 0.4) is 0 Å². The van der Waals surface area contributed by atoms with Crippen molar-refractivity contribution in [2.75, 3.05) is 0 Å². The molecule has 0 spiro atoms. The summed E-state index contributed by atoms with van der Waals surface area (Å²) in [7, 11) is -0.463. The van der Waals surface area contributed by atoms with E-state index in [9.17, 15) is 0 Å². The maximum Gasteiger partial charge on any atom is 2.00 e. The van der Waals surface area contributed by atoms with Gasteiger partial charge in [0.15, 0.2) is 0 Å². The zero-order valence-corrected chi connectivity index (χ0v) is 34.9. The van der Waals surface area contributed by atoms with E-state index in [0.29, 0.717) is 0 Å². The van der Waals surface area contributed by atoms with Crippen molar-refractivity contribution < 1.29 is 26.2 Å². The minimum Gasteiger partial charge on any atom is -0.163 e. The van der Waals surface area contributed by atoms with E-state index in [4.69, 9.17) is 0 Å². The molecule has 0 aromatic heterocycles. The minimum atomic E-state index is -0.463. The van der Waals surface area contributed by atoms with Gasteiger partial charge in [-0.3, -0.25) is 0 Å². The van der Waals surface area contributed by atoms with Crippen LogP contribution in [0.25, 0.3) is 10.9 Å². The molecule has 1 unspecified atom stereocenters.